The molecular weight excluding hydrogens is 312 g/mol. The summed E-state index contributed by atoms with van der Waals surface area (Å²) < 4.78 is 14.7. The third-order valence-electron chi connectivity index (χ3n) is 3.68. The predicted molar refractivity (Wildman–Crippen MR) is 83.1 cm³/mol. The maximum absolute atomic E-state index is 12.1. The lowest BCUT2D eigenvalue weighted by molar-refractivity contribution is -0.136. The van der Waals surface area contributed by atoms with Gasteiger partial charge in [-0.3, -0.25) is 0 Å². The number of esters is 2. The van der Waals surface area contributed by atoms with E-state index in [1.54, 1.807) is 31.2 Å². The van der Waals surface area contributed by atoms with Crippen molar-refractivity contribution >= 4 is 11.9 Å². The number of methoxy groups -OCH3 is 2. The quantitative estimate of drug-likeness (QED) is 0.841. The monoisotopic (exact) mass is 328 g/mol. The van der Waals surface area contributed by atoms with Crippen molar-refractivity contribution in [1.82, 2.24) is 0 Å². The molecule has 0 aromatic heterocycles. The molecule has 0 amide bonds. The van der Waals surface area contributed by atoms with Crippen LogP contribution in [0.2, 0.25) is 0 Å². The van der Waals surface area contributed by atoms with E-state index in [-0.39, 0.29) is 22.8 Å². The smallest absolute Gasteiger partial charge is 0.338 e. The molecule has 2 N–H and O–H groups in total. The number of nitrogens with two attached hydrogens (primary N) is 1. The summed E-state index contributed by atoms with van der Waals surface area (Å²) in [5.74, 6) is -1.63. The Labute approximate surface area is 138 Å². The third-order valence-corrected chi connectivity index (χ3v) is 3.68. The second kappa shape index (κ2) is 6.87. The lowest BCUT2D eigenvalue weighted by Gasteiger charge is -2.26. The van der Waals surface area contributed by atoms with Crippen molar-refractivity contribution in [1.29, 1.82) is 5.26 Å². The number of benzene rings is 1. The minimum Gasteiger partial charge on any atom is -0.466 e. The summed E-state index contributed by atoms with van der Waals surface area (Å²) in [6, 6.07) is 8.33. The van der Waals surface area contributed by atoms with Gasteiger partial charge in [0.05, 0.1) is 31.3 Å². The van der Waals surface area contributed by atoms with Gasteiger partial charge in [0.2, 0.25) is 5.88 Å². The first kappa shape index (κ1) is 17.1. The van der Waals surface area contributed by atoms with Crippen molar-refractivity contribution in [2.75, 3.05) is 14.2 Å². The molecule has 0 saturated carbocycles. The van der Waals surface area contributed by atoms with Crippen molar-refractivity contribution in [2.24, 2.45) is 5.73 Å². The van der Waals surface area contributed by atoms with Gasteiger partial charge < -0.3 is 19.9 Å². The Bertz CT molecular complexity index is 784. The molecular formula is C17H16N2O5. The van der Waals surface area contributed by atoms with Crippen LogP contribution in [0.25, 0.3) is 0 Å². The van der Waals surface area contributed by atoms with Crippen LogP contribution in [0.5, 0.6) is 0 Å². The standard InChI is InChI=1S/C17H16N2O5/c1-9-13(17(21)23-3)14(12(8-18)15(19)24-9)10-4-6-11(7-5-10)16(20)22-2/h4-7,14H,19H2,1-3H3. The molecule has 1 atom stereocenters. The minimum atomic E-state index is -0.733. The van der Waals surface area contributed by atoms with Crippen molar-refractivity contribution in [2.45, 2.75) is 12.8 Å². The van der Waals surface area contributed by atoms with Gasteiger partial charge in [0, 0.05) is 0 Å². The van der Waals surface area contributed by atoms with Gasteiger partial charge in [-0.05, 0) is 24.6 Å². The van der Waals surface area contributed by atoms with E-state index in [0.717, 1.165) is 0 Å². The number of ether oxygens (including phenoxy) is 3. The van der Waals surface area contributed by atoms with Gasteiger partial charge in [-0.1, -0.05) is 12.1 Å². The van der Waals surface area contributed by atoms with Gasteiger partial charge in [-0.15, -0.1) is 0 Å². The Morgan fingerprint density at radius 1 is 1.17 bits per heavy atom. The summed E-state index contributed by atoms with van der Waals surface area (Å²) in [6.07, 6.45) is 0. The number of hydrogen-bond acceptors (Lipinski definition) is 7. The van der Waals surface area contributed by atoms with Crippen molar-refractivity contribution < 1.29 is 23.8 Å². The maximum Gasteiger partial charge on any atom is 0.338 e. The first-order chi connectivity index (χ1) is 11.4. The molecule has 7 heteroatoms. The molecule has 0 saturated heterocycles. The van der Waals surface area contributed by atoms with E-state index < -0.39 is 17.9 Å². The number of nitrogens with zero attached hydrogens (tertiary/aromatic N) is 1. The highest BCUT2D eigenvalue weighted by Gasteiger charge is 2.36. The van der Waals surface area contributed by atoms with Crippen LogP contribution in [0.4, 0.5) is 0 Å². The number of carbonyl (C=O) groups is 2. The molecule has 1 aromatic rings. The molecule has 0 spiro atoms. The van der Waals surface area contributed by atoms with Gasteiger partial charge in [0.15, 0.2) is 0 Å². The average molecular weight is 328 g/mol. The van der Waals surface area contributed by atoms with Gasteiger partial charge in [0.1, 0.15) is 17.4 Å². The first-order valence-electron chi connectivity index (χ1n) is 6.99. The van der Waals surface area contributed by atoms with Crippen LogP contribution >= 0.6 is 0 Å². The SMILES string of the molecule is COC(=O)C1=C(C)OC(N)=C(C#N)C1c1ccc(C(=O)OC)cc1. The normalized spacial score (nSPS) is 17.0. The van der Waals surface area contributed by atoms with Crippen LogP contribution in [-0.2, 0) is 19.0 Å². The van der Waals surface area contributed by atoms with E-state index in [2.05, 4.69) is 4.74 Å². The molecule has 0 aliphatic carbocycles. The Morgan fingerprint density at radius 3 is 2.25 bits per heavy atom. The molecule has 2 rings (SSSR count). The summed E-state index contributed by atoms with van der Waals surface area (Å²) in [6.45, 7) is 1.57. The van der Waals surface area contributed by atoms with E-state index in [9.17, 15) is 14.9 Å². The first-order valence-corrected chi connectivity index (χ1v) is 6.99. The van der Waals surface area contributed by atoms with E-state index in [1.807, 2.05) is 6.07 Å². The highest BCUT2D eigenvalue weighted by molar-refractivity contribution is 5.93. The maximum atomic E-state index is 12.1. The van der Waals surface area contributed by atoms with Crippen LogP contribution in [0.15, 0.2) is 47.1 Å². The van der Waals surface area contributed by atoms with E-state index in [0.29, 0.717) is 11.1 Å². The van der Waals surface area contributed by atoms with Crippen LogP contribution in [0.1, 0.15) is 28.8 Å². The third kappa shape index (κ3) is 2.94. The van der Waals surface area contributed by atoms with Crippen molar-refractivity contribution in [3.63, 3.8) is 0 Å². The summed E-state index contributed by atoms with van der Waals surface area (Å²) in [5, 5.41) is 9.42. The zero-order valence-corrected chi connectivity index (χ0v) is 13.5. The molecule has 1 aromatic carbocycles. The number of hydrogen-bond donors (Lipinski definition) is 1. The molecule has 0 bridgehead atoms. The topological polar surface area (TPSA) is 112 Å². The zero-order valence-electron chi connectivity index (χ0n) is 13.5. The number of nitriles is 1. The number of carbonyl (C=O) groups excluding carboxylic acids is 2. The van der Waals surface area contributed by atoms with Crippen LogP contribution in [-0.4, -0.2) is 26.2 Å². The van der Waals surface area contributed by atoms with Gasteiger partial charge in [-0.2, -0.15) is 5.26 Å². The average Bonchev–Trinajstić information content (AvgIpc) is 2.60. The minimum absolute atomic E-state index is 0.0651. The summed E-state index contributed by atoms with van der Waals surface area (Å²) in [7, 11) is 2.53. The van der Waals surface area contributed by atoms with Gasteiger partial charge >= 0.3 is 11.9 Å². The molecule has 1 aliphatic rings. The Kier molecular flexibility index (Phi) is 4.90. The summed E-state index contributed by atoms with van der Waals surface area (Å²) in [4.78, 5) is 23.7. The summed E-state index contributed by atoms with van der Waals surface area (Å²) >= 11 is 0. The van der Waals surface area contributed by atoms with Crippen LogP contribution < -0.4 is 5.73 Å². The molecule has 24 heavy (non-hydrogen) atoms. The Morgan fingerprint density at radius 2 is 1.75 bits per heavy atom. The number of allylic oxidation sites excluding steroid dienone is 2. The lowest BCUT2D eigenvalue weighted by atomic mass is 9.83. The van der Waals surface area contributed by atoms with Crippen LogP contribution in [0, 0.1) is 11.3 Å². The summed E-state index contributed by atoms with van der Waals surface area (Å²) in [5.41, 5.74) is 7.03. The van der Waals surface area contributed by atoms with E-state index in [1.165, 1.54) is 14.2 Å². The van der Waals surface area contributed by atoms with Crippen molar-refractivity contribution in [3.05, 3.63) is 58.2 Å². The lowest BCUT2D eigenvalue weighted by Crippen LogP contribution is -2.25. The molecule has 0 radical (unpaired) electrons. The molecule has 124 valence electrons. The second-order valence-corrected chi connectivity index (χ2v) is 5.00. The second-order valence-electron chi connectivity index (χ2n) is 5.00. The molecule has 0 fully saturated rings. The molecule has 1 heterocycles. The fraction of sp³-hybridized carbons (Fsp3) is 0.235. The molecule has 1 aliphatic heterocycles. The van der Waals surface area contributed by atoms with Gasteiger partial charge in [-0.25, -0.2) is 9.59 Å². The largest absolute Gasteiger partial charge is 0.466 e. The highest BCUT2D eigenvalue weighted by atomic mass is 16.5. The highest BCUT2D eigenvalue weighted by Crippen LogP contribution is 2.39. The van der Waals surface area contributed by atoms with Crippen LogP contribution in [0.3, 0.4) is 0 Å². The molecule has 1 unspecified atom stereocenters. The van der Waals surface area contributed by atoms with Gasteiger partial charge in [0.25, 0.3) is 0 Å². The van der Waals surface area contributed by atoms with E-state index >= 15 is 0 Å². The van der Waals surface area contributed by atoms with Crippen molar-refractivity contribution in [3.8, 4) is 6.07 Å². The fourth-order valence-electron chi connectivity index (χ4n) is 2.52. The fourth-order valence-corrected chi connectivity index (χ4v) is 2.52. The Balaban J connectivity index is 2.56. The molecule has 7 nitrogen and oxygen atoms in total. The predicted octanol–water partition coefficient (Wildman–Crippen LogP) is 1.73. The number of rotatable bonds is 3. The Hall–Kier alpha value is -3.27. The van der Waals surface area contributed by atoms with E-state index in [4.69, 9.17) is 15.2 Å². The zero-order chi connectivity index (χ0) is 17.9.